The summed E-state index contributed by atoms with van der Waals surface area (Å²) in [4.78, 5) is 23.0. The third-order valence-electron chi connectivity index (χ3n) is 2.19. The van der Waals surface area contributed by atoms with Crippen molar-refractivity contribution < 1.29 is 19.1 Å². The Labute approximate surface area is 94.9 Å². The minimum absolute atomic E-state index is 0. The van der Waals surface area contributed by atoms with Crippen molar-refractivity contribution >= 4 is 24.3 Å². The number of ether oxygens (including phenoxy) is 2. The van der Waals surface area contributed by atoms with Crippen LogP contribution in [0.15, 0.2) is 0 Å². The molecule has 6 heteroatoms. The average molecular weight is 238 g/mol. The van der Waals surface area contributed by atoms with Crippen molar-refractivity contribution in [2.75, 3.05) is 26.3 Å². The highest BCUT2D eigenvalue weighted by Gasteiger charge is 2.53. The van der Waals surface area contributed by atoms with Gasteiger partial charge in [-0.2, -0.15) is 0 Å². The van der Waals surface area contributed by atoms with Crippen LogP contribution in [0, 0.1) is 5.41 Å². The highest BCUT2D eigenvalue weighted by Crippen LogP contribution is 2.26. The van der Waals surface area contributed by atoms with E-state index in [0.29, 0.717) is 13.1 Å². The van der Waals surface area contributed by atoms with Crippen LogP contribution in [-0.2, 0) is 19.1 Å². The standard InChI is InChI=1S/C9H15NO4.ClH/c1-3-13-7(11)9(5-10-6-9)8(12)14-4-2;/h10H,3-6H2,1-2H3;1H. The van der Waals surface area contributed by atoms with E-state index in [9.17, 15) is 9.59 Å². The van der Waals surface area contributed by atoms with Gasteiger partial charge in [0, 0.05) is 13.1 Å². The van der Waals surface area contributed by atoms with Crippen molar-refractivity contribution in [3.05, 3.63) is 0 Å². The van der Waals surface area contributed by atoms with Crippen molar-refractivity contribution in [1.82, 2.24) is 5.32 Å². The molecule has 1 aliphatic rings. The zero-order valence-electron chi connectivity index (χ0n) is 8.87. The van der Waals surface area contributed by atoms with Gasteiger partial charge in [-0.1, -0.05) is 0 Å². The fourth-order valence-electron chi connectivity index (χ4n) is 1.29. The molecule has 0 aromatic heterocycles. The normalized spacial score (nSPS) is 16.9. The summed E-state index contributed by atoms with van der Waals surface area (Å²) in [6, 6.07) is 0. The topological polar surface area (TPSA) is 64.6 Å². The summed E-state index contributed by atoms with van der Waals surface area (Å²) in [6.45, 7) is 4.60. The Hall–Kier alpha value is -0.810. The van der Waals surface area contributed by atoms with Crippen LogP contribution in [0.25, 0.3) is 0 Å². The Balaban J connectivity index is 0.00000196. The SMILES string of the molecule is CCOC(=O)C1(C(=O)OCC)CNC1.Cl. The maximum atomic E-state index is 11.5. The molecule has 1 aliphatic heterocycles. The number of halogens is 1. The van der Waals surface area contributed by atoms with Gasteiger partial charge in [0.2, 0.25) is 0 Å². The Morgan fingerprint density at radius 3 is 1.73 bits per heavy atom. The summed E-state index contributed by atoms with van der Waals surface area (Å²) in [7, 11) is 0. The molecule has 1 rings (SSSR count). The smallest absolute Gasteiger partial charge is 0.326 e. The molecule has 0 unspecified atom stereocenters. The Morgan fingerprint density at radius 1 is 1.13 bits per heavy atom. The molecule has 88 valence electrons. The number of hydrogen-bond donors (Lipinski definition) is 1. The van der Waals surface area contributed by atoms with Crippen LogP contribution in [-0.4, -0.2) is 38.2 Å². The molecule has 1 heterocycles. The summed E-state index contributed by atoms with van der Waals surface area (Å²) >= 11 is 0. The summed E-state index contributed by atoms with van der Waals surface area (Å²) in [5, 5.41) is 2.88. The molecule has 0 atom stereocenters. The summed E-state index contributed by atoms with van der Waals surface area (Å²) in [6.07, 6.45) is 0. The Kier molecular flexibility index (Phi) is 5.60. The van der Waals surface area contributed by atoms with E-state index in [1.54, 1.807) is 13.8 Å². The second kappa shape index (κ2) is 5.92. The number of esters is 2. The predicted octanol–water partition coefficient (Wildman–Crippen LogP) is 0.124. The maximum absolute atomic E-state index is 11.5. The Bertz CT molecular complexity index is 220. The molecule has 0 amide bonds. The lowest BCUT2D eigenvalue weighted by atomic mass is 9.82. The van der Waals surface area contributed by atoms with Gasteiger partial charge >= 0.3 is 11.9 Å². The maximum Gasteiger partial charge on any atom is 0.326 e. The molecule has 0 saturated carbocycles. The van der Waals surface area contributed by atoms with Crippen molar-refractivity contribution in [2.24, 2.45) is 5.41 Å². The van der Waals surface area contributed by atoms with Crippen LogP contribution >= 0.6 is 12.4 Å². The molecular weight excluding hydrogens is 222 g/mol. The monoisotopic (exact) mass is 237 g/mol. The quantitative estimate of drug-likeness (QED) is 0.556. The predicted molar refractivity (Wildman–Crippen MR) is 55.8 cm³/mol. The van der Waals surface area contributed by atoms with Crippen molar-refractivity contribution in [3.63, 3.8) is 0 Å². The molecule has 0 aliphatic carbocycles. The molecule has 0 aromatic rings. The molecular formula is C9H16ClNO4. The van der Waals surface area contributed by atoms with Gasteiger partial charge < -0.3 is 14.8 Å². The molecule has 0 bridgehead atoms. The Morgan fingerprint density at radius 2 is 1.53 bits per heavy atom. The van der Waals surface area contributed by atoms with Gasteiger partial charge in [-0.25, -0.2) is 0 Å². The van der Waals surface area contributed by atoms with E-state index in [4.69, 9.17) is 9.47 Å². The lowest BCUT2D eigenvalue weighted by molar-refractivity contribution is -0.176. The summed E-state index contributed by atoms with van der Waals surface area (Å²) in [5.74, 6) is -0.977. The van der Waals surface area contributed by atoms with Gasteiger partial charge in [0.1, 0.15) is 0 Å². The lowest BCUT2D eigenvalue weighted by Crippen LogP contribution is -2.63. The van der Waals surface area contributed by atoms with E-state index in [0.717, 1.165) is 0 Å². The summed E-state index contributed by atoms with van der Waals surface area (Å²) < 4.78 is 9.67. The molecule has 1 fully saturated rings. The van der Waals surface area contributed by atoms with Gasteiger partial charge in [-0.05, 0) is 13.8 Å². The number of nitrogens with one attached hydrogen (secondary N) is 1. The molecule has 1 saturated heterocycles. The van der Waals surface area contributed by atoms with Crippen LogP contribution in [0.5, 0.6) is 0 Å². The first-order valence-electron chi connectivity index (χ1n) is 4.72. The number of rotatable bonds is 4. The number of hydrogen-bond acceptors (Lipinski definition) is 5. The van der Waals surface area contributed by atoms with Crippen molar-refractivity contribution in [2.45, 2.75) is 13.8 Å². The first kappa shape index (κ1) is 14.2. The van der Waals surface area contributed by atoms with Crippen molar-refractivity contribution in [1.29, 1.82) is 0 Å². The van der Waals surface area contributed by atoms with E-state index in [-0.39, 0.29) is 25.6 Å². The molecule has 1 N–H and O–H groups in total. The zero-order valence-corrected chi connectivity index (χ0v) is 9.69. The zero-order chi connectivity index (χ0) is 10.6. The van der Waals surface area contributed by atoms with E-state index < -0.39 is 17.4 Å². The molecule has 15 heavy (non-hydrogen) atoms. The van der Waals surface area contributed by atoms with E-state index in [1.807, 2.05) is 0 Å². The van der Waals surface area contributed by atoms with Crippen LogP contribution < -0.4 is 5.32 Å². The fraction of sp³-hybridized carbons (Fsp3) is 0.778. The molecule has 0 aromatic carbocycles. The second-order valence-electron chi connectivity index (χ2n) is 3.13. The highest BCUT2D eigenvalue weighted by molar-refractivity contribution is 6.01. The second-order valence-corrected chi connectivity index (χ2v) is 3.13. The van der Waals surface area contributed by atoms with Gasteiger partial charge in [-0.3, -0.25) is 9.59 Å². The van der Waals surface area contributed by atoms with Gasteiger partial charge in [0.15, 0.2) is 5.41 Å². The van der Waals surface area contributed by atoms with Crippen LogP contribution in [0.2, 0.25) is 0 Å². The minimum Gasteiger partial charge on any atom is -0.465 e. The van der Waals surface area contributed by atoms with Gasteiger partial charge in [0.05, 0.1) is 13.2 Å². The van der Waals surface area contributed by atoms with Crippen LogP contribution in [0.4, 0.5) is 0 Å². The number of carbonyl (C=O) groups is 2. The van der Waals surface area contributed by atoms with E-state index >= 15 is 0 Å². The molecule has 0 spiro atoms. The largest absolute Gasteiger partial charge is 0.465 e. The highest BCUT2D eigenvalue weighted by atomic mass is 35.5. The molecule has 0 radical (unpaired) electrons. The molecule has 5 nitrogen and oxygen atoms in total. The summed E-state index contributed by atoms with van der Waals surface area (Å²) in [5.41, 5.74) is -1.09. The third kappa shape index (κ3) is 2.60. The fourth-order valence-corrected chi connectivity index (χ4v) is 1.29. The first-order chi connectivity index (χ1) is 6.67. The van der Waals surface area contributed by atoms with Crippen LogP contribution in [0.3, 0.4) is 0 Å². The van der Waals surface area contributed by atoms with Gasteiger partial charge in [-0.15, -0.1) is 12.4 Å². The average Bonchev–Trinajstić information content (AvgIpc) is 2.02. The van der Waals surface area contributed by atoms with Gasteiger partial charge in [0.25, 0.3) is 0 Å². The first-order valence-corrected chi connectivity index (χ1v) is 4.72. The van der Waals surface area contributed by atoms with Crippen molar-refractivity contribution in [3.8, 4) is 0 Å². The van der Waals surface area contributed by atoms with Crippen LogP contribution in [0.1, 0.15) is 13.8 Å². The number of carbonyl (C=O) groups excluding carboxylic acids is 2. The van der Waals surface area contributed by atoms with E-state index in [2.05, 4.69) is 5.32 Å². The minimum atomic E-state index is -1.09. The third-order valence-corrected chi connectivity index (χ3v) is 2.19. The lowest BCUT2D eigenvalue weighted by Gasteiger charge is -2.37. The van der Waals surface area contributed by atoms with E-state index in [1.165, 1.54) is 0 Å².